The first kappa shape index (κ1) is 22.7. The zero-order valence-electron chi connectivity index (χ0n) is 19.2. The third-order valence-electron chi connectivity index (χ3n) is 5.92. The molecule has 0 spiro atoms. The van der Waals surface area contributed by atoms with Gasteiger partial charge in [-0.1, -0.05) is 0 Å². The summed E-state index contributed by atoms with van der Waals surface area (Å²) in [7, 11) is 0. The molecule has 4 rings (SSSR count). The fraction of sp³-hybridized carbons (Fsp3) is 0.565. The average molecular weight is 458 g/mol. The van der Waals surface area contributed by atoms with Crippen LogP contribution < -0.4 is 5.32 Å². The van der Waals surface area contributed by atoms with Crippen LogP contribution in [-0.2, 0) is 4.74 Å². The van der Waals surface area contributed by atoms with Crippen molar-refractivity contribution in [2.75, 3.05) is 38.2 Å². The topological polar surface area (TPSA) is 87.7 Å². The van der Waals surface area contributed by atoms with Crippen LogP contribution in [0.5, 0.6) is 0 Å². The van der Waals surface area contributed by atoms with E-state index in [1.807, 2.05) is 17.9 Å². The highest BCUT2D eigenvalue weighted by atomic mass is 32.1. The van der Waals surface area contributed by atoms with Crippen molar-refractivity contribution in [2.45, 2.75) is 52.6 Å². The van der Waals surface area contributed by atoms with Gasteiger partial charge >= 0.3 is 0 Å². The van der Waals surface area contributed by atoms with Gasteiger partial charge < -0.3 is 19.9 Å². The largest absolute Gasteiger partial charge is 0.378 e. The number of rotatable bonds is 5. The van der Waals surface area contributed by atoms with Gasteiger partial charge in [-0.15, -0.1) is 11.3 Å². The Bertz CT molecular complexity index is 1000. The van der Waals surface area contributed by atoms with Crippen LogP contribution in [0.1, 0.15) is 59.5 Å². The Hall–Kier alpha value is -2.52. The lowest BCUT2D eigenvalue weighted by Gasteiger charge is -2.25. The molecule has 172 valence electrons. The minimum atomic E-state index is -0.142. The van der Waals surface area contributed by atoms with Crippen LogP contribution in [0.2, 0.25) is 0 Å². The number of carbonyl (C=O) groups is 2. The Balaban J connectivity index is 1.73. The van der Waals surface area contributed by atoms with Gasteiger partial charge in [0.05, 0.1) is 18.1 Å². The van der Waals surface area contributed by atoms with E-state index in [9.17, 15) is 9.59 Å². The molecule has 9 heteroatoms. The van der Waals surface area contributed by atoms with Crippen molar-refractivity contribution in [1.29, 1.82) is 0 Å². The second-order valence-electron chi connectivity index (χ2n) is 8.77. The fourth-order valence-electron chi connectivity index (χ4n) is 4.18. The third-order valence-corrected chi connectivity index (χ3v) is 6.99. The molecule has 2 fully saturated rings. The Labute approximate surface area is 193 Å². The number of anilines is 1. The summed E-state index contributed by atoms with van der Waals surface area (Å²) in [6, 6.07) is 2.42. The van der Waals surface area contributed by atoms with Crippen molar-refractivity contribution in [1.82, 2.24) is 19.8 Å². The Morgan fingerprint density at radius 3 is 2.59 bits per heavy atom. The maximum Gasteiger partial charge on any atom is 0.283 e. The van der Waals surface area contributed by atoms with Gasteiger partial charge in [0.25, 0.3) is 11.8 Å². The van der Waals surface area contributed by atoms with E-state index in [0.717, 1.165) is 36.3 Å². The van der Waals surface area contributed by atoms with Crippen LogP contribution in [0.3, 0.4) is 0 Å². The lowest BCUT2D eigenvalue weighted by molar-refractivity contribution is 0.0302. The van der Waals surface area contributed by atoms with Gasteiger partial charge in [-0.25, -0.2) is 9.97 Å². The molecule has 2 aromatic rings. The van der Waals surface area contributed by atoms with Gasteiger partial charge in [-0.3, -0.25) is 9.59 Å². The number of nitrogens with zero attached hydrogens (tertiary/aromatic N) is 4. The van der Waals surface area contributed by atoms with Gasteiger partial charge in [-0.2, -0.15) is 0 Å². The molecule has 1 atom stereocenters. The summed E-state index contributed by atoms with van der Waals surface area (Å²) in [6.07, 6.45) is 3.75. The molecule has 1 N–H and O–H groups in total. The summed E-state index contributed by atoms with van der Waals surface area (Å²) in [5.41, 5.74) is 2.18. The van der Waals surface area contributed by atoms with Crippen molar-refractivity contribution in [3.8, 4) is 10.4 Å². The molecule has 0 radical (unpaired) electrons. The number of likely N-dealkylation sites (tertiary alicyclic amines) is 1. The van der Waals surface area contributed by atoms with Crippen LogP contribution >= 0.6 is 11.3 Å². The standard InChI is InChI=1S/C23H31N5O3S/c1-14(2)25-18-12-15(3)17(13-24-18)20-19(22(29)28-7-5-6-16(28)4)26-21(32-20)23(30)27-8-10-31-11-9-27/h12-14,16H,5-11H2,1-4H3,(H,24,25)/t16-/m0/s1. The second kappa shape index (κ2) is 9.54. The van der Waals surface area contributed by atoms with Crippen molar-refractivity contribution in [3.05, 3.63) is 28.5 Å². The molecule has 2 aliphatic heterocycles. The SMILES string of the molecule is Cc1cc(NC(C)C)ncc1-c1sc(C(=O)N2CCOCC2)nc1C(=O)N1CCC[C@@H]1C. The highest BCUT2D eigenvalue weighted by molar-refractivity contribution is 7.17. The molecule has 2 aliphatic rings. The first-order valence-corrected chi connectivity index (χ1v) is 12.1. The lowest BCUT2D eigenvalue weighted by Crippen LogP contribution is -2.40. The number of pyridine rings is 1. The van der Waals surface area contributed by atoms with Crippen molar-refractivity contribution in [2.24, 2.45) is 0 Å². The summed E-state index contributed by atoms with van der Waals surface area (Å²) in [6.45, 7) is 11.0. The van der Waals surface area contributed by atoms with E-state index < -0.39 is 0 Å². The van der Waals surface area contributed by atoms with Gasteiger partial charge in [-0.05, 0) is 52.2 Å². The molecular weight excluding hydrogens is 426 g/mol. The predicted octanol–water partition coefficient (Wildman–Crippen LogP) is 3.43. The molecule has 2 amide bonds. The summed E-state index contributed by atoms with van der Waals surface area (Å²) < 4.78 is 5.37. The maximum absolute atomic E-state index is 13.5. The fourth-order valence-corrected chi connectivity index (χ4v) is 5.28. The molecule has 2 aromatic heterocycles. The number of carbonyl (C=O) groups excluding carboxylic acids is 2. The van der Waals surface area contributed by atoms with Crippen LogP contribution in [-0.4, -0.2) is 76.5 Å². The van der Waals surface area contributed by atoms with E-state index in [1.54, 1.807) is 11.1 Å². The minimum absolute atomic E-state index is 0.106. The predicted molar refractivity (Wildman–Crippen MR) is 125 cm³/mol. The smallest absolute Gasteiger partial charge is 0.283 e. The van der Waals surface area contributed by atoms with Crippen molar-refractivity contribution >= 4 is 29.0 Å². The third kappa shape index (κ3) is 4.63. The molecule has 0 bridgehead atoms. The van der Waals surface area contributed by atoms with E-state index in [1.165, 1.54) is 11.3 Å². The number of ether oxygens (including phenoxy) is 1. The van der Waals surface area contributed by atoms with Crippen molar-refractivity contribution < 1.29 is 14.3 Å². The first-order valence-electron chi connectivity index (χ1n) is 11.3. The Morgan fingerprint density at radius 2 is 1.97 bits per heavy atom. The minimum Gasteiger partial charge on any atom is -0.378 e. The molecule has 2 saturated heterocycles. The molecule has 0 unspecified atom stereocenters. The Kier molecular flexibility index (Phi) is 6.76. The summed E-state index contributed by atoms with van der Waals surface area (Å²) in [4.78, 5) is 40.1. The lowest BCUT2D eigenvalue weighted by atomic mass is 10.1. The molecule has 4 heterocycles. The summed E-state index contributed by atoms with van der Waals surface area (Å²) >= 11 is 1.29. The van der Waals surface area contributed by atoms with Crippen molar-refractivity contribution in [3.63, 3.8) is 0 Å². The van der Waals surface area contributed by atoms with E-state index >= 15 is 0 Å². The van der Waals surface area contributed by atoms with E-state index in [2.05, 4.69) is 36.1 Å². The number of aromatic nitrogens is 2. The first-order chi connectivity index (χ1) is 15.3. The van der Waals surface area contributed by atoms with Gasteiger partial charge in [0.2, 0.25) is 0 Å². The number of amides is 2. The van der Waals surface area contributed by atoms with Gasteiger partial charge in [0.1, 0.15) is 11.5 Å². The second-order valence-corrected chi connectivity index (χ2v) is 9.77. The van der Waals surface area contributed by atoms with Crippen LogP contribution in [0.15, 0.2) is 12.3 Å². The van der Waals surface area contributed by atoms with E-state index in [-0.39, 0.29) is 23.9 Å². The maximum atomic E-state index is 13.5. The van der Waals surface area contributed by atoms with Gasteiger partial charge in [0, 0.05) is 43.5 Å². The van der Waals surface area contributed by atoms with Crippen LogP contribution in [0, 0.1) is 6.92 Å². The highest BCUT2D eigenvalue weighted by Crippen LogP contribution is 2.35. The summed E-state index contributed by atoms with van der Waals surface area (Å²) in [5, 5.41) is 3.66. The zero-order chi connectivity index (χ0) is 22.8. The van der Waals surface area contributed by atoms with E-state index in [0.29, 0.717) is 41.9 Å². The quantitative estimate of drug-likeness (QED) is 0.740. The van der Waals surface area contributed by atoms with Crippen LogP contribution in [0.25, 0.3) is 10.4 Å². The van der Waals surface area contributed by atoms with Gasteiger partial charge in [0.15, 0.2) is 5.01 Å². The number of hydrogen-bond donors (Lipinski definition) is 1. The average Bonchev–Trinajstić information content (AvgIpc) is 3.40. The molecule has 0 aliphatic carbocycles. The number of nitrogens with one attached hydrogen (secondary N) is 1. The number of morpholine rings is 1. The number of thiazole rings is 1. The molecule has 0 aromatic carbocycles. The van der Waals surface area contributed by atoms with E-state index in [4.69, 9.17) is 4.74 Å². The number of hydrogen-bond acceptors (Lipinski definition) is 7. The molecular formula is C23H31N5O3S. The Morgan fingerprint density at radius 1 is 1.22 bits per heavy atom. The molecule has 0 saturated carbocycles. The number of aryl methyl sites for hydroxylation is 1. The monoisotopic (exact) mass is 457 g/mol. The summed E-state index contributed by atoms with van der Waals surface area (Å²) in [5.74, 6) is 0.541. The molecule has 8 nitrogen and oxygen atoms in total. The molecule has 32 heavy (non-hydrogen) atoms. The van der Waals surface area contributed by atoms with Crippen LogP contribution in [0.4, 0.5) is 5.82 Å². The zero-order valence-corrected chi connectivity index (χ0v) is 20.0. The normalized spacial score (nSPS) is 19.0. The highest BCUT2D eigenvalue weighted by Gasteiger charge is 2.33.